The van der Waals surface area contributed by atoms with Crippen LogP contribution in [0.2, 0.25) is 0 Å². The molecule has 0 aliphatic rings. The first kappa shape index (κ1) is 23.7. The van der Waals surface area contributed by atoms with E-state index in [0.717, 1.165) is 23.0 Å². The first-order valence-electron chi connectivity index (χ1n) is 11.0. The lowest BCUT2D eigenvalue weighted by molar-refractivity contribution is 0.415. The summed E-state index contributed by atoms with van der Waals surface area (Å²) >= 11 is 0. The summed E-state index contributed by atoms with van der Waals surface area (Å²) in [6.45, 7) is 0. The van der Waals surface area contributed by atoms with E-state index in [1.54, 1.807) is 28.4 Å². The molecule has 0 saturated carbocycles. The molecule has 0 saturated heterocycles. The van der Waals surface area contributed by atoms with Gasteiger partial charge in [0, 0.05) is 0 Å². The van der Waals surface area contributed by atoms with Crippen molar-refractivity contribution >= 4 is 37.4 Å². The fraction of sp³-hybridized carbons (Fsp3) is 0.143. The van der Waals surface area contributed by atoms with E-state index in [0.29, 0.717) is 0 Å². The van der Waals surface area contributed by atoms with Crippen LogP contribution in [0.3, 0.4) is 0 Å². The molecule has 0 fully saturated rings. The number of methoxy groups -OCH3 is 4. The summed E-state index contributed by atoms with van der Waals surface area (Å²) in [6.07, 6.45) is 0. The first-order chi connectivity index (χ1) is 16.7. The monoisotopic (exact) mass is 484 g/mol. The molecule has 0 amide bonds. The van der Waals surface area contributed by atoms with Gasteiger partial charge in [0.05, 0.1) is 28.4 Å². The summed E-state index contributed by atoms with van der Waals surface area (Å²) in [4.78, 5) is 0. The van der Waals surface area contributed by atoms with Crippen LogP contribution in [0.5, 0.6) is 23.0 Å². The molecule has 2 radical (unpaired) electrons. The molecule has 4 aromatic rings. The average Bonchev–Trinajstić information content (AvgIpc) is 2.92. The highest BCUT2D eigenvalue weighted by Gasteiger charge is 2.32. The van der Waals surface area contributed by atoms with Crippen molar-refractivity contribution in [3.8, 4) is 23.0 Å². The normalized spacial score (nSPS) is 10.9. The number of hydrogen-bond donors (Lipinski definition) is 0. The topological polar surface area (TPSA) is 36.9 Å². The Bertz CT molecular complexity index is 983. The summed E-state index contributed by atoms with van der Waals surface area (Å²) in [6, 6.07) is 34.2. The van der Waals surface area contributed by atoms with Gasteiger partial charge < -0.3 is 18.9 Å². The summed E-state index contributed by atoms with van der Waals surface area (Å²) < 4.78 is 21.8. The van der Waals surface area contributed by atoms with Gasteiger partial charge in [-0.15, -0.1) is 0 Å². The Morgan fingerprint density at radius 2 is 0.500 bits per heavy atom. The summed E-state index contributed by atoms with van der Waals surface area (Å²) in [7, 11) is 4.37. The molecule has 0 atom stereocenters. The lowest BCUT2D eigenvalue weighted by Crippen LogP contribution is -2.65. The molecule has 34 heavy (non-hydrogen) atoms. The Hall–Kier alpha value is -3.49. The number of rotatable bonds is 9. The highest BCUT2D eigenvalue weighted by molar-refractivity contribution is 7.42. The lowest BCUT2D eigenvalue weighted by atomic mass is 10.3. The van der Waals surface area contributed by atoms with Crippen LogP contribution in [0.1, 0.15) is 0 Å². The molecule has 4 rings (SSSR count). The van der Waals surface area contributed by atoms with Gasteiger partial charge in [-0.05, 0) is 48.5 Å². The Morgan fingerprint density at radius 3 is 0.647 bits per heavy atom. The van der Waals surface area contributed by atoms with Crippen molar-refractivity contribution in [1.82, 2.24) is 0 Å². The van der Waals surface area contributed by atoms with Crippen LogP contribution in [0, 0.1) is 0 Å². The molecule has 0 aliphatic heterocycles. The Morgan fingerprint density at radius 1 is 0.324 bits per heavy atom. The van der Waals surface area contributed by atoms with Crippen LogP contribution in [0.15, 0.2) is 97.1 Å². The van der Waals surface area contributed by atoms with Crippen molar-refractivity contribution in [2.45, 2.75) is 0 Å². The highest BCUT2D eigenvalue weighted by atomic mass is 29.2. The largest absolute Gasteiger partial charge is 0.497 e. The minimum Gasteiger partial charge on any atom is -0.497 e. The zero-order chi connectivity index (χ0) is 23.9. The van der Waals surface area contributed by atoms with Gasteiger partial charge in [0.25, 0.3) is 0 Å². The second-order valence-electron chi connectivity index (χ2n) is 7.66. The first-order valence-corrected chi connectivity index (χ1v) is 15.0. The molecule has 4 nitrogen and oxygen atoms in total. The van der Waals surface area contributed by atoms with Gasteiger partial charge >= 0.3 is 0 Å². The summed E-state index contributed by atoms with van der Waals surface area (Å²) in [5.41, 5.74) is 0. The van der Waals surface area contributed by atoms with Gasteiger partial charge in [-0.25, -0.2) is 0 Å². The van der Waals surface area contributed by atoms with Crippen LogP contribution in [0.4, 0.5) is 0 Å². The fourth-order valence-electron chi connectivity index (χ4n) is 3.94. The second kappa shape index (κ2) is 11.1. The van der Waals surface area contributed by atoms with Crippen LogP contribution >= 0.6 is 0 Å². The predicted octanol–water partition coefficient (Wildman–Crippen LogP) is 2.72. The van der Waals surface area contributed by atoms with Gasteiger partial charge in [0.15, 0.2) is 0 Å². The third-order valence-corrected chi connectivity index (χ3v) is 14.9. The molecule has 0 spiro atoms. The standard InChI is InChI=1S/C28H28O4Si2/c1-29-21-5-13-25(14-6-21)33(26-15-7-22(30-2)8-16-26)34(27-17-9-23(31-3)10-18-27)28-19-11-24(32-4)12-20-28/h5-20H,1-4H3. The van der Waals surface area contributed by atoms with E-state index < -0.39 is 16.6 Å². The quantitative estimate of drug-likeness (QED) is 0.343. The zero-order valence-electron chi connectivity index (χ0n) is 19.9. The third-order valence-electron chi connectivity index (χ3n) is 5.76. The van der Waals surface area contributed by atoms with Crippen molar-refractivity contribution in [3.63, 3.8) is 0 Å². The summed E-state index contributed by atoms with van der Waals surface area (Å²) in [5.74, 6) is 3.45. The smallest absolute Gasteiger partial charge is 0.121 e. The van der Waals surface area contributed by atoms with E-state index in [1.165, 1.54) is 20.7 Å². The maximum absolute atomic E-state index is 5.44. The zero-order valence-corrected chi connectivity index (χ0v) is 21.9. The molecular formula is C28H28O4Si2. The van der Waals surface area contributed by atoms with E-state index in [9.17, 15) is 0 Å². The third kappa shape index (κ3) is 5.19. The molecular weight excluding hydrogens is 456 g/mol. The van der Waals surface area contributed by atoms with E-state index in [-0.39, 0.29) is 0 Å². The molecule has 6 heteroatoms. The Labute approximate surface area is 204 Å². The van der Waals surface area contributed by atoms with Gasteiger partial charge in [0.1, 0.15) is 39.6 Å². The number of benzene rings is 4. The highest BCUT2D eigenvalue weighted by Crippen LogP contribution is 2.13. The maximum atomic E-state index is 5.44. The molecule has 4 aromatic carbocycles. The average molecular weight is 485 g/mol. The SMILES string of the molecule is COc1ccc([Si](c2ccc(OC)cc2)[Si](c2ccc(OC)cc2)c2ccc(OC)cc2)cc1. The van der Waals surface area contributed by atoms with Gasteiger partial charge in [-0.3, -0.25) is 0 Å². The molecule has 0 unspecified atom stereocenters. The molecule has 0 N–H and O–H groups in total. The lowest BCUT2D eigenvalue weighted by Gasteiger charge is -2.26. The van der Waals surface area contributed by atoms with Crippen LogP contribution in [0.25, 0.3) is 0 Å². The van der Waals surface area contributed by atoms with E-state index in [1.807, 2.05) is 0 Å². The molecule has 0 aliphatic carbocycles. The number of ether oxygens (including phenoxy) is 4. The maximum Gasteiger partial charge on any atom is 0.121 e. The van der Waals surface area contributed by atoms with Crippen molar-refractivity contribution in [1.29, 1.82) is 0 Å². The van der Waals surface area contributed by atoms with Crippen molar-refractivity contribution < 1.29 is 18.9 Å². The van der Waals surface area contributed by atoms with E-state index in [2.05, 4.69) is 97.1 Å². The van der Waals surface area contributed by atoms with Crippen LogP contribution < -0.4 is 39.7 Å². The Kier molecular flexibility index (Phi) is 7.72. The van der Waals surface area contributed by atoms with Gasteiger partial charge in [-0.1, -0.05) is 69.3 Å². The van der Waals surface area contributed by atoms with Crippen molar-refractivity contribution in [2.75, 3.05) is 28.4 Å². The van der Waals surface area contributed by atoms with Gasteiger partial charge in [-0.2, -0.15) is 0 Å². The van der Waals surface area contributed by atoms with E-state index >= 15 is 0 Å². The molecule has 0 bridgehead atoms. The fourth-order valence-corrected chi connectivity index (χ4v) is 13.2. The number of hydrogen-bond acceptors (Lipinski definition) is 4. The molecule has 172 valence electrons. The minimum atomic E-state index is -1.22. The van der Waals surface area contributed by atoms with Gasteiger partial charge in [0.2, 0.25) is 0 Å². The van der Waals surface area contributed by atoms with Crippen molar-refractivity contribution in [3.05, 3.63) is 97.1 Å². The van der Waals surface area contributed by atoms with Crippen LogP contribution in [-0.2, 0) is 0 Å². The summed E-state index contributed by atoms with van der Waals surface area (Å²) in [5, 5.41) is 5.38. The minimum absolute atomic E-state index is 0.863. The molecule has 0 heterocycles. The Balaban J connectivity index is 1.90. The van der Waals surface area contributed by atoms with Crippen LogP contribution in [-0.4, -0.2) is 45.1 Å². The molecule has 0 aromatic heterocycles. The second-order valence-corrected chi connectivity index (χ2v) is 14.5. The van der Waals surface area contributed by atoms with Crippen molar-refractivity contribution in [2.24, 2.45) is 0 Å². The predicted molar refractivity (Wildman–Crippen MR) is 142 cm³/mol. The van der Waals surface area contributed by atoms with E-state index in [4.69, 9.17) is 18.9 Å².